The fourth-order valence-corrected chi connectivity index (χ4v) is 13.4. The minimum atomic E-state index is -0.748. The number of aliphatic hydroxyl groups excluding tert-OH is 1. The zero-order valence-electron chi connectivity index (χ0n) is 27.8. The highest BCUT2D eigenvalue weighted by atomic mass is 16.4. The van der Waals surface area contributed by atoms with Crippen molar-refractivity contribution >= 4 is 11.9 Å². The van der Waals surface area contributed by atoms with Crippen molar-refractivity contribution in [1.29, 1.82) is 0 Å². The quantitative estimate of drug-likeness (QED) is 0.298. The van der Waals surface area contributed by atoms with Crippen molar-refractivity contribution in [2.45, 2.75) is 138 Å². The number of nitrogens with one attached hydrogen (secondary N) is 1. The summed E-state index contributed by atoms with van der Waals surface area (Å²) in [7, 11) is 0. The topological polar surface area (TPSA) is 86.6 Å². The Bertz CT molecular complexity index is 1170. The Morgan fingerprint density at radius 2 is 1.48 bits per heavy atom. The number of carbonyl (C=O) groups excluding carboxylic acids is 1. The van der Waals surface area contributed by atoms with Crippen LogP contribution >= 0.6 is 0 Å². The van der Waals surface area contributed by atoms with Crippen LogP contribution in [0.15, 0.2) is 12.2 Å². The van der Waals surface area contributed by atoms with Gasteiger partial charge in [0.2, 0.25) is 5.91 Å². The first kappa shape index (κ1) is 30.7. The van der Waals surface area contributed by atoms with Gasteiger partial charge in [-0.3, -0.25) is 9.59 Å². The molecular formula is C37H59NO4. The minimum Gasteiger partial charge on any atom is -0.481 e. The summed E-state index contributed by atoms with van der Waals surface area (Å²) in [4.78, 5) is 26.3. The second-order valence-corrected chi connectivity index (χ2v) is 18.2. The number of carbonyl (C=O) groups is 2. The molecule has 0 heterocycles. The molecule has 0 bridgehead atoms. The van der Waals surface area contributed by atoms with Crippen LogP contribution in [0.2, 0.25) is 0 Å². The van der Waals surface area contributed by atoms with E-state index in [1.165, 1.54) is 31.3 Å². The lowest BCUT2D eigenvalue weighted by atomic mass is 9.32. The summed E-state index contributed by atoms with van der Waals surface area (Å²) in [6.07, 6.45) is 11.2. The van der Waals surface area contributed by atoms with Gasteiger partial charge in [-0.05, 0) is 134 Å². The van der Waals surface area contributed by atoms with E-state index in [-0.39, 0.29) is 45.1 Å². The van der Waals surface area contributed by atoms with Gasteiger partial charge < -0.3 is 15.5 Å². The number of hydrogen-bond acceptors (Lipinski definition) is 3. The summed E-state index contributed by atoms with van der Waals surface area (Å²) in [5.74, 6) is 1.43. The third kappa shape index (κ3) is 3.70. The lowest BCUT2D eigenvalue weighted by Crippen LogP contribution is -2.68. The van der Waals surface area contributed by atoms with E-state index in [4.69, 9.17) is 0 Å². The van der Waals surface area contributed by atoms with E-state index < -0.39 is 17.3 Å². The first-order valence-electron chi connectivity index (χ1n) is 17.2. The molecule has 0 saturated heterocycles. The zero-order chi connectivity index (χ0) is 30.8. The molecule has 6 rings (SSSR count). The largest absolute Gasteiger partial charge is 0.481 e. The number of carboxylic acid groups (broad SMARTS) is 1. The maximum absolute atomic E-state index is 14.5. The van der Waals surface area contributed by atoms with Crippen LogP contribution in [-0.4, -0.2) is 34.2 Å². The predicted octanol–water partition coefficient (Wildman–Crippen LogP) is 7.62. The fourth-order valence-electron chi connectivity index (χ4n) is 13.4. The summed E-state index contributed by atoms with van der Waals surface area (Å²) in [5.41, 5.74) is 1.02. The SMILES string of the molecule is C=C(C)[C@@H]1CC[C@]2(C(=O)NC3CC(C(=O)O)C3(C)C)CC[C@]3(C)[C@H](CC[C@@H]4[C@@]5(C)CC[C@H](O)C(C)(C)[C@@H]5CC[C@]43C)[C@@H]12. The average Bonchev–Trinajstić information content (AvgIpc) is 3.30. The van der Waals surface area contributed by atoms with Gasteiger partial charge in [-0.2, -0.15) is 0 Å². The van der Waals surface area contributed by atoms with Crippen LogP contribution in [-0.2, 0) is 9.59 Å². The molecule has 42 heavy (non-hydrogen) atoms. The number of rotatable bonds is 4. The lowest BCUT2D eigenvalue weighted by molar-refractivity contribution is -0.246. The fraction of sp³-hybridized carbons (Fsp3) is 0.892. The predicted molar refractivity (Wildman–Crippen MR) is 166 cm³/mol. The van der Waals surface area contributed by atoms with Crippen LogP contribution < -0.4 is 5.32 Å². The van der Waals surface area contributed by atoms with Crippen molar-refractivity contribution in [3.63, 3.8) is 0 Å². The molecule has 0 spiro atoms. The molecule has 0 radical (unpaired) electrons. The van der Waals surface area contributed by atoms with Crippen LogP contribution in [0.25, 0.3) is 0 Å². The molecule has 12 atom stereocenters. The van der Waals surface area contributed by atoms with Crippen LogP contribution in [0.1, 0.15) is 126 Å². The Balaban J connectivity index is 1.33. The maximum Gasteiger partial charge on any atom is 0.307 e. The van der Waals surface area contributed by atoms with Crippen molar-refractivity contribution < 1.29 is 19.8 Å². The van der Waals surface area contributed by atoms with Gasteiger partial charge in [0.05, 0.1) is 17.4 Å². The molecule has 5 heteroatoms. The van der Waals surface area contributed by atoms with E-state index in [1.54, 1.807) is 0 Å². The monoisotopic (exact) mass is 581 g/mol. The van der Waals surface area contributed by atoms with Gasteiger partial charge in [-0.15, -0.1) is 0 Å². The van der Waals surface area contributed by atoms with Crippen molar-refractivity contribution in [3.8, 4) is 0 Å². The van der Waals surface area contributed by atoms with Gasteiger partial charge in [0, 0.05) is 6.04 Å². The van der Waals surface area contributed by atoms with Gasteiger partial charge in [-0.1, -0.05) is 60.6 Å². The molecule has 6 aliphatic carbocycles. The van der Waals surface area contributed by atoms with Crippen LogP contribution in [0.5, 0.6) is 0 Å². The molecule has 0 aliphatic heterocycles. The first-order valence-corrected chi connectivity index (χ1v) is 17.2. The minimum absolute atomic E-state index is 0.0443. The summed E-state index contributed by atoms with van der Waals surface area (Å²) in [6.45, 7) is 23.1. The number of fused-ring (bicyclic) bond motifs is 7. The third-order valence-electron chi connectivity index (χ3n) is 16.4. The highest BCUT2D eigenvalue weighted by Crippen LogP contribution is 2.77. The molecule has 0 aromatic carbocycles. The van der Waals surface area contributed by atoms with Crippen molar-refractivity contribution in [2.75, 3.05) is 0 Å². The number of hydrogen-bond donors (Lipinski definition) is 3. The number of aliphatic hydroxyl groups is 1. The lowest BCUT2D eigenvalue weighted by Gasteiger charge is -2.72. The van der Waals surface area contributed by atoms with Crippen LogP contribution in [0.3, 0.4) is 0 Å². The van der Waals surface area contributed by atoms with Crippen molar-refractivity contribution in [3.05, 3.63) is 12.2 Å². The molecule has 6 fully saturated rings. The van der Waals surface area contributed by atoms with E-state index in [1.807, 2.05) is 13.8 Å². The highest BCUT2D eigenvalue weighted by molar-refractivity contribution is 5.85. The molecule has 5 nitrogen and oxygen atoms in total. The van der Waals surface area contributed by atoms with Gasteiger partial charge in [0.25, 0.3) is 0 Å². The molecule has 6 aliphatic rings. The van der Waals surface area contributed by atoms with E-state index in [9.17, 15) is 19.8 Å². The molecule has 0 aromatic heterocycles. The van der Waals surface area contributed by atoms with Gasteiger partial charge in [-0.25, -0.2) is 0 Å². The van der Waals surface area contributed by atoms with E-state index in [2.05, 4.69) is 53.4 Å². The summed E-state index contributed by atoms with van der Waals surface area (Å²) < 4.78 is 0. The van der Waals surface area contributed by atoms with Gasteiger partial charge in [0.15, 0.2) is 0 Å². The molecule has 0 aromatic rings. The molecule has 3 N–H and O–H groups in total. The average molecular weight is 582 g/mol. The number of aliphatic carboxylic acids is 1. The smallest absolute Gasteiger partial charge is 0.307 e. The zero-order valence-corrected chi connectivity index (χ0v) is 27.8. The number of carboxylic acids is 1. The standard InChI is InChI=1S/C37H59NO4/c1-21(2)22-12-17-37(31(42)38-27-20-24(30(40)41)32(27,3)4)19-18-35(8)23(29(22)37)10-11-26-34(7)15-14-28(39)33(5,6)25(34)13-16-36(26,35)9/h22-29,39H,1,10-20H2,2-9H3,(H,38,42)(H,40,41)/t22-,23+,24?,25-,26+,27?,28-,29+,34-,35+,36+,37-/m0/s1. The second kappa shape index (κ2) is 9.33. The second-order valence-electron chi connectivity index (χ2n) is 18.2. The summed E-state index contributed by atoms with van der Waals surface area (Å²) in [5, 5.41) is 24.2. The Kier molecular flexibility index (Phi) is 6.81. The number of amides is 1. The van der Waals surface area contributed by atoms with Crippen LogP contribution in [0.4, 0.5) is 0 Å². The van der Waals surface area contributed by atoms with Crippen molar-refractivity contribution in [2.24, 2.45) is 68.0 Å². The van der Waals surface area contributed by atoms with Gasteiger partial charge >= 0.3 is 5.97 Å². The van der Waals surface area contributed by atoms with Crippen LogP contribution in [0, 0.1) is 68.0 Å². The maximum atomic E-state index is 14.5. The third-order valence-corrected chi connectivity index (χ3v) is 16.4. The molecule has 236 valence electrons. The molecule has 1 amide bonds. The Labute approximate surface area is 255 Å². The first-order chi connectivity index (χ1) is 19.4. The Morgan fingerprint density at radius 3 is 2.10 bits per heavy atom. The Morgan fingerprint density at radius 1 is 0.786 bits per heavy atom. The number of allylic oxidation sites excluding steroid dienone is 1. The normalized spacial score (nSPS) is 52.0. The van der Waals surface area contributed by atoms with E-state index in [0.29, 0.717) is 36.0 Å². The molecular weight excluding hydrogens is 522 g/mol. The summed E-state index contributed by atoms with van der Waals surface area (Å²) in [6, 6.07) is -0.0770. The van der Waals surface area contributed by atoms with E-state index in [0.717, 1.165) is 38.5 Å². The molecule has 6 saturated carbocycles. The molecule has 2 unspecified atom stereocenters. The van der Waals surface area contributed by atoms with Gasteiger partial charge in [0.1, 0.15) is 0 Å². The highest BCUT2D eigenvalue weighted by Gasteiger charge is 2.72. The van der Waals surface area contributed by atoms with E-state index >= 15 is 0 Å². The Hall–Kier alpha value is -1.36. The van der Waals surface area contributed by atoms with Crippen molar-refractivity contribution in [1.82, 2.24) is 5.32 Å². The summed E-state index contributed by atoms with van der Waals surface area (Å²) >= 11 is 0.